The number of anilines is 1. The van der Waals surface area contributed by atoms with Gasteiger partial charge in [0, 0.05) is 6.54 Å². The smallest absolute Gasteiger partial charge is 0.295 e. The number of oxazole rings is 1. The van der Waals surface area contributed by atoms with Crippen molar-refractivity contribution < 1.29 is 4.42 Å². The molecule has 0 aliphatic carbocycles. The molecule has 0 saturated heterocycles. The standard InChI is InChI=1S/C14H21N3O/c1-3-17(4-2)11-7-10-15-14-16-12-8-5-6-9-13(12)18-14/h5-6,8-9H,3-4,7,10-11H2,1-2H3,(H,15,16). The third-order valence-corrected chi connectivity index (χ3v) is 3.12. The molecule has 1 aromatic heterocycles. The minimum atomic E-state index is 0.621. The predicted octanol–water partition coefficient (Wildman–Crippen LogP) is 2.97. The lowest BCUT2D eigenvalue weighted by atomic mass is 10.3. The fraction of sp³-hybridized carbons (Fsp3) is 0.500. The van der Waals surface area contributed by atoms with Gasteiger partial charge in [-0.3, -0.25) is 0 Å². The van der Waals surface area contributed by atoms with E-state index >= 15 is 0 Å². The second kappa shape index (κ2) is 6.40. The largest absolute Gasteiger partial charge is 0.424 e. The van der Waals surface area contributed by atoms with Gasteiger partial charge in [0.1, 0.15) is 5.52 Å². The number of nitrogens with one attached hydrogen (secondary N) is 1. The first-order valence-corrected chi connectivity index (χ1v) is 6.65. The van der Waals surface area contributed by atoms with Crippen LogP contribution in [0.25, 0.3) is 11.1 Å². The number of hydrogen-bond acceptors (Lipinski definition) is 4. The Bertz CT molecular complexity index is 444. The molecule has 0 aliphatic rings. The van der Waals surface area contributed by atoms with E-state index in [1.807, 2.05) is 24.3 Å². The number of fused-ring (bicyclic) bond motifs is 1. The molecule has 0 unspecified atom stereocenters. The molecule has 0 amide bonds. The first kappa shape index (κ1) is 12.9. The highest BCUT2D eigenvalue weighted by molar-refractivity contribution is 5.74. The zero-order valence-corrected chi connectivity index (χ0v) is 11.1. The monoisotopic (exact) mass is 247 g/mol. The maximum absolute atomic E-state index is 5.59. The normalized spacial score (nSPS) is 11.3. The summed E-state index contributed by atoms with van der Waals surface area (Å²) in [4.78, 5) is 6.79. The second-order valence-electron chi connectivity index (χ2n) is 4.29. The molecular weight excluding hydrogens is 226 g/mol. The molecule has 0 saturated carbocycles. The molecule has 4 nitrogen and oxygen atoms in total. The van der Waals surface area contributed by atoms with Crippen LogP contribution in [0.5, 0.6) is 0 Å². The summed E-state index contributed by atoms with van der Waals surface area (Å²) in [6.07, 6.45) is 1.10. The van der Waals surface area contributed by atoms with E-state index in [4.69, 9.17) is 4.42 Å². The van der Waals surface area contributed by atoms with Crippen molar-refractivity contribution in [2.75, 3.05) is 31.5 Å². The number of rotatable bonds is 7. The number of aromatic nitrogens is 1. The molecule has 0 atom stereocenters. The summed E-state index contributed by atoms with van der Waals surface area (Å²) in [6, 6.07) is 8.44. The van der Waals surface area contributed by atoms with Crippen molar-refractivity contribution >= 4 is 17.1 Å². The maximum atomic E-state index is 5.59. The van der Waals surface area contributed by atoms with E-state index in [0.717, 1.165) is 43.7 Å². The summed E-state index contributed by atoms with van der Waals surface area (Å²) < 4.78 is 5.59. The SMILES string of the molecule is CCN(CC)CCCNc1nc2ccccc2o1. The molecule has 2 rings (SSSR count). The fourth-order valence-corrected chi connectivity index (χ4v) is 1.99. The van der Waals surface area contributed by atoms with E-state index in [1.54, 1.807) is 0 Å². The van der Waals surface area contributed by atoms with Crippen LogP contribution in [0.15, 0.2) is 28.7 Å². The Morgan fingerprint density at radius 3 is 2.72 bits per heavy atom. The van der Waals surface area contributed by atoms with Crippen molar-refractivity contribution in [3.8, 4) is 0 Å². The van der Waals surface area contributed by atoms with Crippen LogP contribution in [0, 0.1) is 0 Å². The Kier molecular flexibility index (Phi) is 4.59. The van der Waals surface area contributed by atoms with Crippen LogP contribution in [0.2, 0.25) is 0 Å². The van der Waals surface area contributed by atoms with Crippen molar-refractivity contribution in [1.29, 1.82) is 0 Å². The average Bonchev–Trinajstić information content (AvgIpc) is 2.81. The van der Waals surface area contributed by atoms with Gasteiger partial charge in [-0.2, -0.15) is 4.98 Å². The van der Waals surface area contributed by atoms with Gasteiger partial charge in [-0.15, -0.1) is 0 Å². The number of para-hydroxylation sites is 2. The van der Waals surface area contributed by atoms with Gasteiger partial charge in [-0.25, -0.2) is 0 Å². The van der Waals surface area contributed by atoms with E-state index in [1.165, 1.54) is 0 Å². The van der Waals surface area contributed by atoms with E-state index in [9.17, 15) is 0 Å². The van der Waals surface area contributed by atoms with Gasteiger partial charge in [0.2, 0.25) is 0 Å². The number of hydrogen-bond donors (Lipinski definition) is 1. The predicted molar refractivity (Wildman–Crippen MR) is 74.9 cm³/mol. The Morgan fingerprint density at radius 2 is 2.00 bits per heavy atom. The lowest BCUT2D eigenvalue weighted by Crippen LogP contribution is -2.25. The molecule has 0 aliphatic heterocycles. The topological polar surface area (TPSA) is 41.3 Å². The molecule has 0 bridgehead atoms. The van der Waals surface area contributed by atoms with Crippen molar-refractivity contribution in [2.24, 2.45) is 0 Å². The quantitative estimate of drug-likeness (QED) is 0.764. The molecule has 1 N–H and O–H groups in total. The Morgan fingerprint density at radius 1 is 1.22 bits per heavy atom. The van der Waals surface area contributed by atoms with Gasteiger partial charge >= 0.3 is 0 Å². The molecule has 0 spiro atoms. The van der Waals surface area contributed by atoms with Gasteiger partial charge in [0.05, 0.1) is 0 Å². The summed E-state index contributed by atoms with van der Waals surface area (Å²) in [5.74, 6) is 0. The third kappa shape index (κ3) is 3.23. The first-order valence-electron chi connectivity index (χ1n) is 6.65. The minimum Gasteiger partial charge on any atom is -0.424 e. The van der Waals surface area contributed by atoms with Crippen LogP contribution in [-0.4, -0.2) is 36.1 Å². The molecule has 0 fully saturated rings. The molecule has 2 aromatic rings. The lowest BCUT2D eigenvalue weighted by molar-refractivity contribution is 0.302. The Balaban J connectivity index is 1.80. The van der Waals surface area contributed by atoms with Gasteiger partial charge < -0.3 is 14.6 Å². The number of nitrogens with zero attached hydrogens (tertiary/aromatic N) is 2. The molecule has 0 radical (unpaired) electrons. The van der Waals surface area contributed by atoms with Crippen molar-refractivity contribution in [1.82, 2.24) is 9.88 Å². The minimum absolute atomic E-state index is 0.621. The van der Waals surface area contributed by atoms with Crippen molar-refractivity contribution in [3.05, 3.63) is 24.3 Å². The van der Waals surface area contributed by atoms with Crippen LogP contribution in [-0.2, 0) is 0 Å². The van der Waals surface area contributed by atoms with Crippen molar-refractivity contribution in [3.63, 3.8) is 0 Å². The number of benzene rings is 1. The zero-order valence-electron chi connectivity index (χ0n) is 11.1. The molecular formula is C14H21N3O. The first-order chi connectivity index (χ1) is 8.83. The summed E-state index contributed by atoms with van der Waals surface area (Å²) in [5.41, 5.74) is 1.74. The highest BCUT2D eigenvalue weighted by Crippen LogP contribution is 2.17. The average molecular weight is 247 g/mol. The fourth-order valence-electron chi connectivity index (χ4n) is 1.99. The summed E-state index contributed by atoms with van der Waals surface area (Å²) in [5, 5.41) is 3.23. The van der Waals surface area contributed by atoms with Gasteiger partial charge in [-0.05, 0) is 38.2 Å². The molecule has 1 aromatic carbocycles. The van der Waals surface area contributed by atoms with Gasteiger partial charge in [0.25, 0.3) is 6.01 Å². The van der Waals surface area contributed by atoms with Crippen LogP contribution in [0.1, 0.15) is 20.3 Å². The second-order valence-corrected chi connectivity index (χ2v) is 4.29. The zero-order chi connectivity index (χ0) is 12.8. The van der Waals surface area contributed by atoms with Crippen LogP contribution in [0.3, 0.4) is 0 Å². The van der Waals surface area contributed by atoms with E-state index in [2.05, 4.69) is 29.0 Å². The summed E-state index contributed by atoms with van der Waals surface area (Å²) in [6.45, 7) is 8.61. The van der Waals surface area contributed by atoms with Crippen LogP contribution >= 0.6 is 0 Å². The van der Waals surface area contributed by atoms with Crippen LogP contribution in [0.4, 0.5) is 6.01 Å². The van der Waals surface area contributed by atoms with Crippen molar-refractivity contribution in [2.45, 2.75) is 20.3 Å². The van der Waals surface area contributed by atoms with E-state index < -0.39 is 0 Å². The summed E-state index contributed by atoms with van der Waals surface area (Å²) >= 11 is 0. The molecule has 1 heterocycles. The molecule has 18 heavy (non-hydrogen) atoms. The molecule has 98 valence electrons. The van der Waals surface area contributed by atoms with E-state index in [-0.39, 0.29) is 0 Å². The van der Waals surface area contributed by atoms with Crippen LogP contribution < -0.4 is 5.32 Å². The highest BCUT2D eigenvalue weighted by atomic mass is 16.4. The van der Waals surface area contributed by atoms with Gasteiger partial charge in [-0.1, -0.05) is 26.0 Å². The lowest BCUT2D eigenvalue weighted by Gasteiger charge is -2.17. The maximum Gasteiger partial charge on any atom is 0.295 e. The Labute approximate surface area is 108 Å². The summed E-state index contributed by atoms with van der Waals surface area (Å²) in [7, 11) is 0. The Hall–Kier alpha value is -1.55. The van der Waals surface area contributed by atoms with E-state index in [0.29, 0.717) is 6.01 Å². The molecule has 4 heteroatoms. The third-order valence-electron chi connectivity index (χ3n) is 3.12. The van der Waals surface area contributed by atoms with Gasteiger partial charge in [0.15, 0.2) is 5.58 Å². The highest BCUT2D eigenvalue weighted by Gasteiger charge is 2.04.